The molecule has 0 atom stereocenters. The lowest BCUT2D eigenvalue weighted by Gasteiger charge is -2.21. The quantitative estimate of drug-likeness (QED) is 0.107. The molecule has 0 aliphatic carbocycles. The summed E-state index contributed by atoms with van der Waals surface area (Å²) < 4.78 is 90.1. The van der Waals surface area contributed by atoms with Gasteiger partial charge in [0, 0.05) is 24.0 Å². The van der Waals surface area contributed by atoms with Crippen molar-refractivity contribution in [2.75, 3.05) is 19.0 Å². The topological polar surface area (TPSA) is 135 Å². The zero-order chi connectivity index (χ0) is 35.9. The minimum atomic E-state index is -4.84. The SMILES string of the molecule is COc1ccc(CC(=O)Nc2ccc(C(=O)N(CC(=O)O)Cc3ccc(OC(=O)c4ncccc4C(F)(F)F)cc3)cc2)c(C(F)(F)F)c1. The van der Waals surface area contributed by atoms with Crippen LogP contribution in [0.4, 0.5) is 32.0 Å². The van der Waals surface area contributed by atoms with E-state index in [1.165, 1.54) is 61.7 Å². The van der Waals surface area contributed by atoms with E-state index in [0.717, 1.165) is 29.3 Å². The fraction of sp³-hybridized carbons (Fsp3) is 0.182. The number of halogens is 6. The first kappa shape index (κ1) is 35.9. The number of hydrogen-bond donors (Lipinski definition) is 2. The van der Waals surface area contributed by atoms with Crippen molar-refractivity contribution in [3.63, 3.8) is 0 Å². The number of aromatic nitrogens is 1. The summed E-state index contributed by atoms with van der Waals surface area (Å²) in [5, 5.41) is 11.8. The number of carboxylic acids is 1. The van der Waals surface area contributed by atoms with Crippen molar-refractivity contribution in [2.45, 2.75) is 25.3 Å². The van der Waals surface area contributed by atoms with Crippen LogP contribution < -0.4 is 14.8 Å². The van der Waals surface area contributed by atoms with E-state index in [-0.39, 0.29) is 34.9 Å². The van der Waals surface area contributed by atoms with Gasteiger partial charge < -0.3 is 24.8 Å². The van der Waals surface area contributed by atoms with E-state index in [2.05, 4.69) is 10.3 Å². The summed E-state index contributed by atoms with van der Waals surface area (Å²) in [5.41, 5.74) is -2.96. The molecule has 0 aliphatic rings. The smallest absolute Gasteiger partial charge is 0.418 e. The number of carbonyl (C=O) groups is 4. The maximum absolute atomic E-state index is 13.5. The summed E-state index contributed by atoms with van der Waals surface area (Å²) >= 11 is 0. The second-order valence-corrected chi connectivity index (χ2v) is 10.3. The molecular formula is C33H25F6N3O7. The van der Waals surface area contributed by atoms with E-state index in [9.17, 15) is 50.6 Å². The highest BCUT2D eigenvalue weighted by Crippen LogP contribution is 2.35. The molecule has 0 saturated carbocycles. The molecule has 0 unspecified atom stereocenters. The number of benzene rings is 3. The van der Waals surface area contributed by atoms with Crippen molar-refractivity contribution in [3.8, 4) is 11.5 Å². The van der Waals surface area contributed by atoms with Gasteiger partial charge in [0.1, 0.15) is 18.0 Å². The minimum absolute atomic E-state index is 0.0233. The summed E-state index contributed by atoms with van der Waals surface area (Å²) in [5.74, 6) is -4.34. The summed E-state index contributed by atoms with van der Waals surface area (Å²) in [7, 11) is 1.21. The van der Waals surface area contributed by atoms with Crippen LogP contribution in [0.3, 0.4) is 0 Å². The third-order valence-electron chi connectivity index (χ3n) is 6.82. The third-order valence-corrected chi connectivity index (χ3v) is 6.82. The number of carbonyl (C=O) groups excluding carboxylic acids is 3. The highest BCUT2D eigenvalue weighted by atomic mass is 19.4. The second kappa shape index (κ2) is 14.9. The Hall–Kier alpha value is -5.93. The second-order valence-electron chi connectivity index (χ2n) is 10.3. The molecule has 1 aromatic heterocycles. The molecule has 0 spiro atoms. The Morgan fingerprint density at radius 3 is 2.06 bits per heavy atom. The van der Waals surface area contributed by atoms with Crippen LogP contribution in [0.15, 0.2) is 85.1 Å². The Labute approximate surface area is 273 Å². The molecular weight excluding hydrogens is 664 g/mol. The average molecular weight is 690 g/mol. The van der Waals surface area contributed by atoms with Gasteiger partial charge in [0.15, 0.2) is 5.69 Å². The monoisotopic (exact) mass is 689 g/mol. The van der Waals surface area contributed by atoms with Crippen molar-refractivity contribution < 1.29 is 60.1 Å². The summed E-state index contributed by atoms with van der Waals surface area (Å²) in [6, 6.07) is 15.4. The van der Waals surface area contributed by atoms with E-state index in [1.807, 2.05) is 0 Å². The summed E-state index contributed by atoms with van der Waals surface area (Å²) in [6.45, 7) is -0.961. The van der Waals surface area contributed by atoms with Crippen LogP contribution in [0.25, 0.3) is 0 Å². The number of carboxylic acid groups (broad SMARTS) is 1. The standard InChI is InChI=1S/C33H25F6N3O7/c1-48-24-13-8-21(26(16-24)33(37,38)39)15-27(43)41-22-9-6-20(7-10-22)30(46)42(18-28(44)45)17-19-4-11-23(12-5-19)49-31(47)29-25(32(34,35)36)3-2-14-40-29/h2-14,16H,15,17-18H2,1H3,(H,41,43)(H,44,45). The first-order valence-corrected chi connectivity index (χ1v) is 14.0. The number of esters is 1. The Morgan fingerprint density at radius 2 is 1.47 bits per heavy atom. The van der Waals surface area contributed by atoms with Crippen LogP contribution in [0.2, 0.25) is 0 Å². The number of nitrogens with one attached hydrogen (secondary N) is 1. The van der Waals surface area contributed by atoms with Crippen LogP contribution in [0.5, 0.6) is 11.5 Å². The van der Waals surface area contributed by atoms with Gasteiger partial charge in [0.2, 0.25) is 5.91 Å². The van der Waals surface area contributed by atoms with Crippen LogP contribution in [-0.2, 0) is 34.9 Å². The molecule has 4 rings (SSSR count). The summed E-state index contributed by atoms with van der Waals surface area (Å²) in [4.78, 5) is 54.1. The predicted octanol–water partition coefficient (Wildman–Crippen LogP) is 6.26. The Morgan fingerprint density at radius 1 is 0.837 bits per heavy atom. The normalized spacial score (nSPS) is 11.4. The number of anilines is 1. The van der Waals surface area contributed by atoms with E-state index in [1.54, 1.807) is 0 Å². The number of nitrogens with zero attached hydrogens (tertiary/aromatic N) is 2. The number of aliphatic carboxylic acids is 1. The highest BCUT2D eigenvalue weighted by molar-refractivity contribution is 5.97. The van der Waals surface area contributed by atoms with Gasteiger partial charge in [-0.2, -0.15) is 26.3 Å². The lowest BCUT2D eigenvalue weighted by atomic mass is 10.0. The summed E-state index contributed by atoms with van der Waals surface area (Å²) in [6.07, 6.45) is -9.18. The zero-order valence-electron chi connectivity index (χ0n) is 25.3. The number of amides is 2. The van der Waals surface area contributed by atoms with Crippen molar-refractivity contribution >= 4 is 29.4 Å². The largest absolute Gasteiger partial charge is 0.497 e. The van der Waals surface area contributed by atoms with Crippen molar-refractivity contribution in [1.82, 2.24) is 9.88 Å². The average Bonchev–Trinajstić information content (AvgIpc) is 3.04. The lowest BCUT2D eigenvalue weighted by Crippen LogP contribution is -2.35. The molecule has 2 amide bonds. The first-order chi connectivity index (χ1) is 23.0. The number of hydrogen-bond acceptors (Lipinski definition) is 7. The van der Waals surface area contributed by atoms with Gasteiger partial charge in [0.25, 0.3) is 5.91 Å². The van der Waals surface area contributed by atoms with Gasteiger partial charge in [-0.05, 0) is 71.8 Å². The van der Waals surface area contributed by atoms with Crippen LogP contribution >= 0.6 is 0 Å². The number of methoxy groups -OCH3 is 1. The molecule has 3 aromatic carbocycles. The van der Waals surface area contributed by atoms with Crippen LogP contribution in [0, 0.1) is 0 Å². The molecule has 0 aliphatic heterocycles. The molecule has 4 aromatic rings. The Balaban J connectivity index is 1.41. The fourth-order valence-electron chi connectivity index (χ4n) is 4.56. The molecule has 0 bridgehead atoms. The highest BCUT2D eigenvalue weighted by Gasteiger charge is 2.37. The number of alkyl halides is 6. The van der Waals surface area contributed by atoms with Crippen molar-refractivity contribution in [2.24, 2.45) is 0 Å². The van der Waals surface area contributed by atoms with Crippen molar-refractivity contribution in [1.29, 1.82) is 0 Å². The maximum atomic E-state index is 13.5. The molecule has 0 fully saturated rings. The zero-order valence-corrected chi connectivity index (χ0v) is 25.3. The van der Waals surface area contributed by atoms with E-state index < -0.39 is 65.9 Å². The molecule has 16 heteroatoms. The van der Waals surface area contributed by atoms with Crippen LogP contribution in [-0.4, -0.2) is 52.4 Å². The van der Waals surface area contributed by atoms with Gasteiger partial charge in [-0.3, -0.25) is 14.4 Å². The van der Waals surface area contributed by atoms with Gasteiger partial charge in [-0.15, -0.1) is 0 Å². The molecule has 0 radical (unpaired) electrons. The maximum Gasteiger partial charge on any atom is 0.418 e. The lowest BCUT2D eigenvalue weighted by molar-refractivity contribution is -0.139. The minimum Gasteiger partial charge on any atom is -0.497 e. The number of ether oxygens (including phenoxy) is 2. The van der Waals surface area contributed by atoms with E-state index in [0.29, 0.717) is 11.6 Å². The molecule has 49 heavy (non-hydrogen) atoms. The van der Waals surface area contributed by atoms with Gasteiger partial charge in [0.05, 0.1) is 24.7 Å². The Kier molecular flexibility index (Phi) is 10.9. The van der Waals surface area contributed by atoms with Gasteiger partial charge in [-0.1, -0.05) is 18.2 Å². The van der Waals surface area contributed by atoms with Gasteiger partial charge in [-0.25, -0.2) is 9.78 Å². The molecule has 1 heterocycles. The predicted molar refractivity (Wildman–Crippen MR) is 160 cm³/mol. The molecule has 0 saturated heterocycles. The first-order valence-electron chi connectivity index (χ1n) is 14.0. The third kappa shape index (κ3) is 9.56. The Bertz CT molecular complexity index is 1840. The fourth-order valence-corrected chi connectivity index (χ4v) is 4.56. The number of rotatable bonds is 11. The van der Waals surface area contributed by atoms with Crippen LogP contribution in [0.1, 0.15) is 43.1 Å². The van der Waals surface area contributed by atoms with E-state index >= 15 is 0 Å². The molecule has 256 valence electrons. The molecule has 10 nitrogen and oxygen atoms in total. The van der Waals surface area contributed by atoms with E-state index in [4.69, 9.17) is 9.47 Å². The number of pyridine rings is 1. The van der Waals surface area contributed by atoms with Crippen molar-refractivity contribution in [3.05, 3.63) is 119 Å². The molecule has 2 N–H and O–H groups in total. The van der Waals surface area contributed by atoms with Gasteiger partial charge >= 0.3 is 24.3 Å².